The van der Waals surface area contributed by atoms with E-state index in [1.165, 1.54) is 22.7 Å². The number of thioether (sulfide) groups is 1. The molecule has 0 aliphatic carbocycles. The van der Waals surface area contributed by atoms with Crippen molar-refractivity contribution in [3.8, 4) is 0 Å². The van der Waals surface area contributed by atoms with E-state index in [9.17, 15) is 4.79 Å². The van der Waals surface area contributed by atoms with Gasteiger partial charge in [0.1, 0.15) is 5.82 Å². The van der Waals surface area contributed by atoms with Gasteiger partial charge in [0.15, 0.2) is 10.9 Å². The van der Waals surface area contributed by atoms with Gasteiger partial charge in [0.05, 0.1) is 12.3 Å². The summed E-state index contributed by atoms with van der Waals surface area (Å²) in [5, 5.41) is 11.9. The van der Waals surface area contributed by atoms with Crippen LogP contribution in [0.1, 0.15) is 27.3 Å². The van der Waals surface area contributed by atoms with Crippen LogP contribution in [0.3, 0.4) is 0 Å². The fourth-order valence-corrected chi connectivity index (χ4v) is 5.28. The molecule has 35 heavy (non-hydrogen) atoms. The standard InChI is InChI=1S/C28H23N5OS/c34-26(23-16-30-25-13-7-5-11-22(23)25)18-35-28-32-31-27(33(28)17-19-8-2-1-3-9-19)14-20-15-29-24-12-6-4-10-21(20)24/h1-13,15-16,29-30H,14,17-18H2. The van der Waals surface area contributed by atoms with E-state index in [1.807, 2.05) is 60.8 Å². The van der Waals surface area contributed by atoms with Gasteiger partial charge in [-0.05, 0) is 23.3 Å². The molecule has 6 rings (SSSR count). The number of aromatic amines is 2. The first-order valence-electron chi connectivity index (χ1n) is 11.5. The van der Waals surface area contributed by atoms with E-state index in [0.717, 1.165) is 33.0 Å². The molecular formula is C28H23N5OS. The summed E-state index contributed by atoms with van der Waals surface area (Å²) in [7, 11) is 0. The molecule has 0 aliphatic rings. The summed E-state index contributed by atoms with van der Waals surface area (Å²) >= 11 is 1.44. The Morgan fingerprint density at radius 3 is 2.31 bits per heavy atom. The number of nitrogens with one attached hydrogen (secondary N) is 2. The molecule has 0 spiro atoms. The number of Topliss-reactive ketones (excluding diaryl/α,β-unsaturated/α-hetero) is 1. The number of rotatable bonds is 8. The topological polar surface area (TPSA) is 79.4 Å². The van der Waals surface area contributed by atoms with Crippen LogP contribution >= 0.6 is 11.8 Å². The van der Waals surface area contributed by atoms with Crippen molar-refractivity contribution >= 4 is 39.4 Å². The Kier molecular flexibility index (Phi) is 5.68. The molecule has 2 N–H and O–H groups in total. The largest absolute Gasteiger partial charge is 0.361 e. The van der Waals surface area contributed by atoms with E-state index in [2.05, 4.69) is 49.0 Å². The number of aromatic nitrogens is 5. The minimum Gasteiger partial charge on any atom is -0.361 e. The molecule has 6 aromatic rings. The Morgan fingerprint density at radius 2 is 1.49 bits per heavy atom. The summed E-state index contributed by atoms with van der Waals surface area (Å²) in [6.45, 7) is 0.648. The van der Waals surface area contributed by atoms with E-state index in [1.54, 1.807) is 6.20 Å². The fraction of sp³-hybridized carbons (Fsp3) is 0.107. The van der Waals surface area contributed by atoms with E-state index in [0.29, 0.717) is 24.3 Å². The second-order valence-corrected chi connectivity index (χ2v) is 9.41. The molecular weight excluding hydrogens is 454 g/mol. The monoisotopic (exact) mass is 477 g/mol. The molecule has 0 atom stereocenters. The van der Waals surface area contributed by atoms with Gasteiger partial charge in [0, 0.05) is 46.2 Å². The average molecular weight is 478 g/mol. The third-order valence-electron chi connectivity index (χ3n) is 6.22. The number of ketones is 1. The fourth-order valence-electron chi connectivity index (χ4n) is 4.44. The quantitative estimate of drug-likeness (QED) is 0.213. The highest BCUT2D eigenvalue weighted by atomic mass is 32.2. The maximum atomic E-state index is 13.1. The molecule has 3 aromatic heterocycles. The van der Waals surface area contributed by atoms with Crippen molar-refractivity contribution in [2.24, 2.45) is 0 Å². The Labute approximate surface area is 206 Å². The van der Waals surface area contributed by atoms with Gasteiger partial charge < -0.3 is 14.5 Å². The summed E-state index contributed by atoms with van der Waals surface area (Å²) in [6.07, 6.45) is 4.49. The van der Waals surface area contributed by atoms with E-state index in [4.69, 9.17) is 0 Å². The molecule has 0 aliphatic heterocycles. The lowest BCUT2D eigenvalue weighted by molar-refractivity contribution is 0.102. The lowest BCUT2D eigenvalue weighted by Gasteiger charge is -2.10. The Hall–Kier alpha value is -4.10. The van der Waals surface area contributed by atoms with Crippen molar-refractivity contribution in [2.75, 3.05) is 5.75 Å². The number of para-hydroxylation sites is 2. The predicted octanol–water partition coefficient (Wildman–Crippen LogP) is 5.85. The number of hydrogen-bond acceptors (Lipinski definition) is 4. The minimum atomic E-state index is 0.0693. The highest BCUT2D eigenvalue weighted by molar-refractivity contribution is 7.99. The van der Waals surface area contributed by atoms with Gasteiger partial charge in [-0.25, -0.2) is 0 Å². The summed E-state index contributed by atoms with van der Waals surface area (Å²) in [4.78, 5) is 19.6. The zero-order chi connectivity index (χ0) is 23.6. The van der Waals surface area contributed by atoms with Crippen molar-refractivity contribution in [3.63, 3.8) is 0 Å². The van der Waals surface area contributed by atoms with Crippen molar-refractivity contribution in [2.45, 2.75) is 18.1 Å². The third-order valence-corrected chi connectivity index (χ3v) is 7.19. The molecule has 172 valence electrons. The first-order chi connectivity index (χ1) is 17.3. The van der Waals surface area contributed by atoms with Crippen LogP contribution in [0.15, 0.2) is 96.4 Å². The molecule has 0 saturated heterocycles. The zero-order valence-corrected chi connectivity index (χ0v) is 19.8. The minimum absolute atomic E-state index is 0.0693. The molecule has 7 heteroatoms. The van der Waals surface area contributed by atoms with E-state index >= 15 is 0 Å². The highest BCUT2D eigenvalue weighted by Crippen LogP contribution is 2.26. The molecule has 3 heterocycles. The zero-order valence-electron chi connectivity index (χ0n) is 18.9. The predicted molar refractivity (Wildman–Crippen MR) is 140 cm³/mol. The second kappa shape index (κ2) is 9.27. The summed E-state index contributed by atoms with van der Waals surface area (Å²) in [6, 6.07) is 26.4. The van der Waals surface area contributed by atoms with Crippen molar-refractivity contribution in [1.82, 2.24) is 24.7 Å². The number of carbonyl (C=O) groups excluding carboxylic acids is 1. The first-order valence-corrected chi connectivity index (χ1v) is 12.5. The van der Waals surface area contributed by atoms with Gasteiger partial charge >= 0.3 is 0 Å². The smallest absolute Gasteiger partial charge is 0.191 e. The Balaban J connectivity index is 1.29. The van der Waals surface area contributed by atoms with Crippen molar-refractivity contribution in [1.29, 1.82) is 0 Å². The highest BCUT2D eigenvalue weighted by Gasteiger charge is 2.18. The molecule has 0 radical (unpaired) electrons. The maximum absolute atomic E-state index is 13.1. The number of H-pyrrole nitrogens is 2. The molecule has 0 unspecified atom stereocenters. The first kappa shape index (κ1) is 21.4. The van der Waals surface area contributed by atoms with Crippen LogP contribution in [0.4, 0.5) is 0 Å². The van der Waals surface area contributed by atoms with E-state index in [-0.39, 0.29) is 5.78 Å². The molecule has 0 fully saturated rings. The van der Waals surface area contributed by atoms with Crippen LogP contribution in [0.25, 0.3) is 21.8 Å². The molecule has 3 aromatic carbocycles. The second-order valence-electron chi connectivity index (χ2n) is 8.47. The maximum Gasteiger partial charge on any atom is 0.191 e. The Bertz CT molecular complexity index is 1630. The van der Waals surface area contributed by atoms with Gasteiger partial charge in [0.25, 0.3) is 0 Å². The molecule has 6 nitrogen and oxygen atoms in total. The molecule has 0 bridgehead atoms. The van der Waals surface area contributed by atoms with Crippen LogP contribution in [0, 0.1) is 0 Å². The number of benzene rings is 3. The van der Waals surface area contributed by atoms with E-state index < -0.39 is 0 Å². The summed E-state index contributed by atoms with van der Waals surface area (Å²) in [5.74, 6) is 1.24. The lowest BCUT2D eigenvalue weighted by Crippen LogP contribution is -2.09. The van der Waals surface area contributed by atoms with Gasteiger partial charge in [-0.2, -0.15) is 0 Å². The van der Waals surface area contributed by atoms with Gasteiger partial charge in [0.2, 0.25) is 0 Å². The summed E-state index contributed by atoms with van der Waals surface area (Å²) in [5.41, 5.74) is 5.12. The number of hydrogen-bond donors (Lipinski definition) is 2. The number of fused-ring (bicyclic) bond motifs is 2. The average Bonchev–Trinajstić information content (AvgIpc) is 3.61. The van der Waals surface area contributed by atoms with Gasteiger partial charge in [-0.15, -0.1) is 10.2 Å². The lowest BCUT2D eigenvalue weighted by atomic mass is 10.1. The van der Waals surface area contributed by atoms with Crippen LogP contribution in [-0.4, -0.2) is 36.3 Å². The molecule has 0 saturated carbocycles. The Morgan fingerprint density at radius 1 is 0.800 bits per heavy atom. The van der Waals surface area contributed by atoms with Crippen molar-refractivity contribution < 1.29 is 4.79 Å². The van der Waals surface area contributed by atoms with Crippen LogP contribution < -0.4 is 0 Å². The van der Waals surface area contributed by atoms with Crippen LogP contribution in [0.5, 0.6) is 0 Å². The number of carbonyl (C=O) groups is 1. The summed E-state index contributed by atoms with van der Waals surface area (Å²) < 4.78 is 2.13. The van der Waals surface area contributed by atoms with Gasteiger partial charge in [-0.3, -0.25) is 4.79 Å². The normalized spacial score (nSPS) is 11.4. The number of nitrogens with zero attached hydrogens (tertiary/aromatic N) is 3. The van der Waals surface area contributed by atoms with Crippen LogP contribution in [-0.2, 0) is 13.0 Å². The SMILES string of the molecule is O=C(CSc1nnc(Cc2c[nH]c3ccccc23)n1Cc1ccccc1)c1c[nH]c2ccccc12. The van der Waals surface area contributed by atoms with Crippen molar-refractivity contribution in [3.05, 3.63) is 114 Å². The van der Waals surface area contributed by atoms with Gasteiger partial charge in [-0.1, -0.05) is 78.5 Å². The third kappa shape index (κ3) is 4.26. The molecule has 0 amide bonds. The van der Waals surface area contributed by atoms with Crippen LogP contribution in [0.2, 0.25) is 0 Å².